The van der Waals surface area contributed by atoms with Crippen molar-refractivity contribution in [1.29, 1.82) is 0 Å². The van der Waals surface area contributed by atoms with Crippen LogP contribution in [0.4, 0.5) is 5.69 Å². The highest BCUT2D eigenvalue weighted by atomic mass is 16.6. The Morgan fingerprint density at radius 1 is 1.38 bits per heavy atom. The highest BCUT2D eigenvalue weighted by Gasteiger charge is 2.32. The van der Waals surface area contributed by atoms with E-state index >= 15 is 0 Å². The monoisotopic (exact) mass is 221 g/mol. The van der Waals surface area contributed by atoms with Crippen molar-refractivity contribution >= 4 is 11.6 Å². The molecule has 1 aliphatic heterocycles. The van der Waals surface area contributed by atoms with Crippen molar-refractivity contribution in [3.05, 3.63) is 47.5 Å². The van der Waals surface area contributed by atoms with Gasteiger partial charge in [-0.25, -0.2) is 4.76 Å². The fraction of sp³-hybridized carbons (Fsp3) is 0.100. The first-order valence-corrected chi connectivity index (χ1v) is 4.66. The Balaban J connectivity index is 2.36. The predicted molar refractivity (Wildman–Crippen MR) is 57.3 cm³/mol. The summed E-state index contributed by atoms with van der Waals surface area (Å²) in [7, 11) is 0. The minimum absolute atomic E-state index is 0.342. The lowest BCUT2D eigenvalue weighted by molar-refractivity contribution is -0.869. The van der Waals surface area contributed by atoms with Crippen LogP contribution in [0, 0.1) is 5.21 Å². The molecule has 0 aromatic heterocycles. The number of benzene rings is 1. The fourth-order valence-corrected chi connectivity index (χ4v) is 1.47. The Morgan fingerprint density at radius 2 is 2.00 bits per heavy atom. The van der Waals surface area contributed by atoms with Crippen LogP contribution in [0.5, 0.6) is 0 Å². The molecule has 0 aliphatic carbocycles. The van der Waals surface area contributed by atoms with E-state index in [1.807, 2.05) is 0 Å². The zero-order valence-corrected chi connectivity index (χ0v) is 8.41. The number of carbonyl (C=O) groups excluding carboxylic acids is 1. The number of aliphatic hydroxyl groups is 1. The number of anilines is 1. The predicted octanol–water partition coefficient (Wildman–Crippen LogP) is 0.578. The maximum absolute atomic E-state index is 11.6. The summed E-state index contributed by atoms with van der Waals surface area (Å²) < 4.78 is -1.47. The van der Waals surface area contributed by atoms with Gasteiger partial charge in [-0.3, -0.25) is 9.69 Å². The smallest absolute Gasteiger partial charge is 0.315 e. The average molecular weight is 221 g/mol. The molecule has 0 fully saturated rings. The minimum atomic E-state index is -1.47. The second-order valence-corrected chi connectivity index (χ2v) is 3.54. The Labute approximate surface area is 91.9 Å². The van der Waals surface area contributed by atoms with Crippen molar-refractivity contribution < 1.29 is 14.7 Å². The molecule has 0 saturated carbocycles. The molecule has 1 aliphatic rings. The normalized spacial score (nSPS) is 25.5. The summed E-state index contributed by atoms with van der Waals surface area (Å²) in [6, 6.07) is 8.67. The number of carbonyl (C=O) groups is 1. The number of rotatable bonds is 1. The lowest BCUT2D eigenvalue weighted by Gasteiger charge is -2.40. The highest BCUT2D eigenvalue weighted by Crippen LogP contribution is 2.21. The van der Waals surface area contributed by atoms with Crippen molar-refractivity contribution in [2.24, 2.45) is 5.84 Å². The first-order chi connectivity index (χ1) is 7.50. The third-order valence-electron chi connectivity index (χ3n) is 2.33. The number of aliphatic hydroxyl groups excluding tert-OH is 1. The molecule has 3 N–H and O–H groups in total. The van der Waals surface area contributed by atoms with Gasteiger partial charge in [0.15, 0.2) is 6.67 Å². The number of quaternary nitrogens is 1. The van der Waals surface area contributed by atoms with E-state index in [9.17, 15) is 15.1 Å². The molecule has 1 heterocycles. The van der Waals surface area contributed by atoms with Gasteiger partial charge in [0.25, 0.3) is 5.91 Å². The average Bonchev–Trinajstić information content (AvgIpc) is 2.25. The van der Waals surface area contributed by atoms with E-state index in [2.05, 4.69) is 0 Å². The standard InChI is InChI=1S/C10H11N3O3/c11-13(16)7-12(9(14)6-10(13)15)8-4-2-1-3-5-8/h1-6,15H,7,11H2. The van der Waals surface area contributed by atoms with Gasteiger partial charge in [-0.1, -0.05) is 18.2 Å². The van der Waals surface area contributed by atoms with Crippen molar-refractivity contribution in [3.8, 4) is 0 Å². The molecule has 6 nitrogen and oxygen atoms in total. The van der Waals surface area contributed by atoms with Crippen LogP contribution in [0.3, 0.4) is 0 Å². The van der Waals surface area contributed by atoms with Gasteiger partial charge in [-0.05, 0) is 12.1 Å². The van der Waals surface area contributed by atoms with Crippen LogP contribution in [0.2, 0.25) is 0 Å². The number of hydrogen-bond donors (Lipinski definition) is 2. The number of hydroxylamine groups is 2. The summed E-state index contributed by atoms with van der Waals surface area (Å²) in [6.07, 6.45) is 0.837. The largest absolute Gasteiger partial charge is 0.603 e. The van der Waals surface area contributed by atoms with Gasteiger partial charge in [-0.2, -0.15) is 5.84 Å². The molecule has 16 heavy (non-hydrogen) atoms. The van der Waals surface area contributed by atoms with E-state index in [1.165, 1.54) is 4.90 Å². The summed E-state index contributed by atoms with van der Waals surface area (Å²) in [5, 5.41) is 20.8. The molecule has 1 unspecified atom stereocenters. The summed E-state index contributed by atoms with van der Waals surface area (Å²) in [6.45, 7) is -0.342. The zero-order valence-electron chi connectivity index (χ0n) is 8.41. The van der Waals surface area contributed by atoms with E-state index in [0.29, 0.717) is 5.69 Å². The van der Waals surface area contributed by atoms with Gasteiger partial charge in [-0.15, -0.1) is 0 Å². The van der Waals surface area contributed by atoms with Crippen LogP contribution in [0.15, 0.2) is 42.3 Å². The maximum Gasteiger partial charge on any atom is 0.315 e. The summed E-state index contributed by atoms with van der Waals surface area (Å²) in [5.41, 5.74) is 0.569. The van der Waals surface area contributed by atoms with Crippen LogP contribution in [-0.4, -0.2) is 22.4 Å². The molecule has 1 aromatic carbocycles. The number of para-hydroxylation sites is 1. The lowest BCUT2D eigenvalue weighted by Crippen LogP contribution is -2.58. The molecule has 1 aromatic rings. The van der Waals surface area contributed by atoms with E-state index in [0.717, 1.165) is 6.08 Å². The molecule has 6 heteroatoms. The maximum atomic E-state index is 11.6. The van der Waals surface area contributed by atoms with Crippen LogP contribution in [0.1, 0.15) is 0 Å². The number of hydrogen-bond acceptors (Lipinski definition) is 4. The van der Waals surface area contributed by atoms with Gasteiger partial charge in [0.05, 0.1) is 0 Å². The molecule has 1 atom stereocenters. The fourth-order valence-electron chi connectivity index (χ4n) is 1.47. The van der Waals surface area contributed by atoms with Crippen molar-refractivity contribution in [3.63, 3.8) is 0 Å². The van der Waals surface area contributed by atoms with Crippen LogP contribution >= 0.6 is 0 Å². The topological polar surface area (TPSA) is 89.6 Å². The molecule has 0 radical (unpaired) electrons. The van der Waals surface area contributed by atoms with E-state index < -0.39 is 16.5 Å². The summed E-state index contributed by atoms with van der Waals surface area (Å²) in [5.74, 6) is 4.14. The van der Waals surface area contributed by atoms with Crippen molar-refractivity contribution in [2.75, 3.05) is 11.6 Å². The second kappa shape index (κ2) is 3.60. The number of nitrogens with zero attached hydrogens (tertiary/aromatic N) is 2. The Hall–Kier alpha value is -1.89. The van der Waals surface area contributed by atoms with Gasteiger partial charge in [0.1, 0.15) is 6.08 Å². The zero-order chi connectivity index (χ0) is 11.8. The first-order valence-electron chi connectivity index (χ1n) is 4.66. The van der Waals surface area contributed by atoms with Crippen LogP contribution < -0.4 is 10.7 Å². The Kier molecular flexibility index (Phi) is 2.39. The van der Waals surface area contributed by atoms with Gasteiger partial charge in [0.2, 0.25) is 0 Å². The van der Waals surface area contributed by atoms with Crippen molar-refractivity contribution in [2.45, 2.75) is 0 Å². The number of nitrogens with two attached hydrogens (primary N) is 1. The summed E-state index contributed by atoms with van der Waals surface area (Å²) in [4.78, 5) is 12.8. The van der Waals surface area contributed by atoms with Crippen LogP contribution in [-0.2, 0) is 4.79 Å². The third-order valence-corrected chi connectivity index (χ3v) is 2.33. The molecule has 0 spiro atoms. The minimum Gasteiger partial charge on any atom is -0.603 e. The van der Waals surface area contributed by atoms with Gasteiger partial charge >= 0.3 is 5.88 Å². The Bertz CT molecular complexity index is 442. The lowest BCUT2D eigenvalue weighted by atomic mass is 10.2. The van der Waals surface area contributed by atoms with Crippen LogP contribution in [0.25, 0.3) is 0 Å². The second-order valence-electron chi connectivity index (χ2n) is 3.54. The number of amides is 1. The molecular formula is C10H11N3O3. The highest BCUT2D eigenvalue weighted by molar-refractivity contribution is 6.01. The first kappa shape index (κ1) is 10.6. The molecule has 0 saturated heterocycles. The third kappa shape index (κ3) is 1.76. The summed E-state index contributed by atoms with van der Waals surface area (Å²) >= 11 is 0. The SMILES string of the molecule is N[N+]1([O-])CN(c2ccccc2)C(=O)C=C1O. The van der Waals surface area contributed by atoms with Gasteiger partial charge in [0, 0.05) is 5.69 Å². The molecule has 0 bridgehead atoms. The molecule has 2 rings (SSSR count). The van der Waals surface area contributed by atoms with E-state index in [4.69, 9.17) is 5.84 Å². The molecular weight excluding hydrogens is 210 g/mol. The molecule has 1 amide bonds. The Morgan fingerprint density at radius 3 is 2.62 bits per heavy atom. The molecule has 84 valence electrons. The van der Waals surface area contributed by atoms with Crippen molar-refractivity contribution in [1.82, 2.24) is 0 Å². The quantitative estimate of drug-likeness (QED) is 0.412. The van der Waals surface area contributed by atoms with Gasteiger partial charge < -0.3 is 10.3 Å². The van der Waals surface area contributed by atoms with E-state index in [1.54, 1.807) is 30.3 Å². The van der Waals surface area contributed by atoms with E-state index in [-0.39, 0.29) is 6.67 Å².